The Hall–Kier alpha value is -3.98. The van der Waals surface area contributed by atoms with Crippen LogP contribution in [-0.4, -0.2) is 20.4 Å². The summed E-state index contributed by atoms with van der Waals surface area (Å²) in [5.74, 6) is -0.567. The highest BCUT2D eigenvalue weighted by atomic mass is 32.2. The summed E-state index contributed by atoms with van der Waals surface area (Å²) in [6, 6.07) is 18.6. The van der Waals surface area contributed by atoms with Gasteiger partial charge in [0.25, 0.3) is 11.2 Å². The highest BCUT2D eigenvalue weighted by Gasteiger charge is 2.19. The maximum absolute atomic E-state index is 13.3. The van der Waals surface area contributed by atoms with Gasteiger partial charge in [-0.15, -0.1) is 0 Å². The van der Waals surface area contributed by atoms with E-state index in [1.54, 1.807) is 24.3 Å². The van der Waals surface area contributed by atoms with Gasteiger partial charge in [-0.05, 0) is 37.3 Å². The van der Waals surface area contributed by atoms with Gasteiger partial charge in [0.2, 0.25) is 5.91 Å². The summed E-state index contributed by atoms with van der Waals surface area (Å²) in [6.45, 7) is 1.95. The molecule has 1 aromatic heterocycles. The topological polar surface area (TPSA) is 121 Å². The number of nitrogens with two attached hydrogens (primary N) is 1. The van der Waals surface area contributed by atoms with Crippen molar-refractivity contribution in [3.8, 4) is 5.69 Å². The lowest BCUT2D eigenvalue weighted by atomic mass is 10.1. The second-order valence-electron chi connectivity index (χ2n) is 7.14. The summed E-state index contributed by atoms with van der Waals surface area (Å²) in [7, 11) is 0. The van der Waals surface area contributed by atoms with Crippen molar-refractivity contribution >= 4 is 34.3 Å². The zero-order valence-electron chi connectivity index (χ0n) is 17.0. The molecular formula is C23H18N4O4S. The van der Waals surface area contributed by atoms with E-state index in [0.29, 0.717) is 27.3 Å². The molecular weight excluding hydrogens is 428 g/mol. The lowest BCUT2D eigenvalue weighted by Gasteiger charge is -2.13. The van der Waals surface area contributed by atoms with Crippen molar-refractivity contribution in [3.63, 3.8) is 0 Å². The number of carbonyl (C=O) groups is 1. The fourth-order valence-corrected chi connectivity index (χ4v) is 4.29. The molecule has 0 bridgehead atoms. The number of aromatic nitrogens is 2. The number of thioether (sulfide) groups is 1. The third-order valence-corrected chi connectivity index (χ3v) is 5.95. The van der Waals surface area contributed by atoms with Crippen molar-refractivity contribution in [2.75, 3.05) is 0 Å². The molecule has 0 saturated carbocycles. The van der Waals surface area contributed by atoms with E-state index in [-0.39, 0.29) is 22.6 Å². The molecule has 4 rings (SSSR count). The molecule has 0 spiro atoms. The van der Waals surface area contributed by atoms with Crippen molar-refractivity contribution in [2.24, 2.45) is 5.73 Å². The van der Waals surface area contributed by atoms with Crippen LogP contribution in [0.1, 0.15) is 21.5 Å². The third kappa shape index (κ3) is 4.10. The Morgan fingerprint density at radius 3 is 2.53 bits per heavy atom. The van der Waals surface area contributed by atoms with Gasteiger partial charge in [-0.2, -0.15) is 0 Å². The van der Waals surface area contributed by atoms with E-state index in [1.165, 1.54) is 34.5 Å². The van der Waals surface area contributed by atoms with E-state index in [4.69, 9.17) is 5.73 Å². The Labute approximate surface area is 186 Å². The van der Waals surface area contributed by atoms with Crippen LogP contribution in [0.3, 0.4) is 0 Å². The minimum atomic E-state index is -0.739. The molecule has 0 saturated heterocycles. The lowest BCUT2D eigenvalue weighted by Crippen LogP contribution is -2.21. The Kier molecular flexibility index (Phi) is 5.74. The molecule has 0 atom stereocenters. The smallest absolute Gasteiger partial charge is 0.274 e. The Morgan fingerprint density at radius 1 is 1.12 bits per heavy atom. The van der Waals surface area contributed by atoms with Gasteiger partial charge in [-0.25, -0.2) is 4.98 Å². The van der Waals surface area contributed by atoms with Crippen molar-refractivity contribution in [1.29, 1.82) is 0 Å². The van der Waals surface area contributed by atoms with E-state index in [2.05, 4.69) is 4.98 Å². The molecule has 0 aliphatic carbocycles. The van der Waals surface area contributed by atoms with Crippen molar-refractivity contribution in [2.45, 2.75) is 17.8 Å². The van der Waals surface area contributed by atoms with E-state index < -0.39 is 10.8 Å². The summed E-state index contributed by atoms with van der Waals surface area (Å²) in [5, 5.41) is 12.4. The number of para-hydroxylation sites is 1. The summed E-state index contributed by atoms with van der Waals surface area (Å²) >= 11 is 1.21. The van der Waals surface area contributed by atoms with Gasteiger partial charge >= 0.3 is 0 Å². The van der Waals surface area contributed by atoms with Crippen LogP contribution in [0.5, 0.6) is 0 Å². The first kappa shape index (κ1) is 21.3. The van der Waals surface area contributed by atoms with Gasteiger partial charge in [0.1, 0.15) is 0 Å². The number of carbonyl (C=O) groups excluding carboxylic acids is 1. The highest BCUT2D eigenvalue weighted by Crippen LogP contribution is 2.29. The predicted molar refractivity (Wildman–Crippen MR) is 123 cm³/mol. The summed E-state index contributed by atoms with van der Waals surface area (Å²) in [4.78, 5) is 40.3. The van der Waals surface area contributed by atoms with Crippen LogP contribution in [-0.2, 0) is 5.75 Å². The number of hydrogen-bond donors (Lipinski definition) is 1. The highest BCUT2D eigenvalue weighted by molar-refractivity contribution is 7.98. The first-order valence-corrected chi connectivity index (χ1v) is 10.6. The molecule has 0 unspecified atom stereocenters. The first-order valence-electron chi connectivity index (χ1n) is 9.64. The molecule has 4 aromatic rings. The number of nitro benzene ring substituents is 1. The molecule has 2 N–H and O–H groups in total. The SMILES string of the molecule is Cc1ccc(-n2c(SCc3ccc(C(N)=O)cc3[N+](=O)[O-])nc3ccccc3c2=O)cc1. The quantitative estimate of drug-likeness (QED) is 0.207. The van der Waals surface area contributed by atoms with Gasteiger partial charge in [0, 0.05) is 22.9 Å². The average Bonchev–Trinajstić information content (AvgIpc) is 2.78. The fraction of sp³-hybridized carbons (Fsp3) is 0.0870. The van der Waals surface area contributed by atoms with Gasteiger partial charge in [0.05, 0.1) is 21.5 Å². The van der Waals surface area contributed by atoms with E-state index in [1.807, 2.05) is 31.2 Å². The number of rotatable bonds is 6. The molecule has 1 heterocycles. The standard InChI is InChI=1S/C23H18N4O4S/c1-14-6-10-17(11-7-14)26-22(29)18-4-2-3-5-19(18)25-23(26)32-13-16-9-8-15(21(24)28)12-20(16)27(30)31/h2-12H,13H2,1H3,(H2,24,28). The fourth-order valence-electron chi connectivity index (χ4n) is 3.28. The zero-order valence-corrected chi connectivity index (χ0v) is 17.8. The van der Waals surface area contributed by atoms with Crippen LogP contribution >= 0.6 is 11.8 Å². The Bertz CT molecular complexity index is 1410. The van der Waals surface area contributed by atoms with Gasteiger partial charge in [-0.1, -0.05) is 47.7 Å². The van der Waals surface area contributed by atoms with Crippen molar-refractivity contribution in [3.05, 3.63) is 104 Å². The van der Waals surface area contributed by atoms with Crippen molar-refractivity contribution < 1.29 is 9.72 Å². The summed E-state index contributed by atoms with van der Waals surface area (Å²) in [6.07, 6.45) is 0. The van der Waals surface area contributed by atoms with E-state index >= 15 is 0 Å². The number of aryl methyl sites for hydroxylation is 1. The number of amides is 1. The molecule has 8 nitrogen and oxygen atoms in total. The molecule has 0 fully saturated rings. The summed E-state index contributed by atoms with van der Waals surface area (Å²) < 4.78 is 1.51. The average molecular weight is 446 g/mol. The number of benzene rings is 3. The Balaban J connectivity index is 1.80. The summed E-state index contributed by atoms with van der Waals surface area (Å²) in [5.41, 5.74) is 7.52. The van der Waals surface area contributed by atoms with Crippen LogP contribution < -0.4 is 11.3 Å². The van der Waals surface area contributed by atoms with Crippen molar-refractivity contribution in [1.82, 2.24) is 9.55 Å². The number of nitro groups is 1. The normalized spacial score (nSPS) is 10.9. The molecule has 0 aliphatic rings. The maximum Gasteiger partial charge on any atom is 0.274 e. The minimum Gasteiger partial charge on any atom is -0.366 e. The minimum absolute atomic E-state index is 0.0610. The van der Waals surface area contributed by atoms with E-state index in [0.717, 1.165) is 5.56 Å². The number of hydrogen-bond acceptors (Lipinski definition) is 6. The van der Waals surface area contributed by atoms with Crippen LogP contribution in [0, 0.1) is 17.0 Å². The predicted octanol–water partition coefficient (Wildman–Crippen LogP) is 3.99. The zero-order chi connectivity index (χ0) is 22.8. The van der Waals surface area contributed by atoms with Crippen LogP contribution in [0.25, 0.3) is 16.6 Å². The van der Waals surface area contributed by atoms with Gasteiger partial charge < -0.3 is 5.73 Å². The molecule has 3 aromatic carbocycles. The third-order valence-electron chi connectivity index (χ3n) is 4.96. The van der Waals surface area contributed by atoms with Crippen LogP contribution in [0.15, 0.2) is 76.7 Å². The molecule has 1 amide bonds. The molecule has 160 valence electrons. The first-order chi connectivity index (χ1) is 15.3. The lowest BCUT2D eigenvalue weighted by molar-refractivity contribution is -0.385. The molecule has 0 aliphatic heterocycles. The molecule has 9 heteroatoms. The van der Waals surface area contributed by atoms with Crippen LogP contribution in [0.2, 0.25) is 0 Å². The number of nitrogens with zero attached hydrogens (tertiary/aromatic N) is 3. The largest absolute Gasteiger partial charge is 0.366 e. The second kappa shape index (κ2) is 8.64. The number of fused-ring (bicyclic) bond motifs is 1. The second-order valence-corrected chi connectivity index (χ2v) is 8.08. The molecule has 0 radical (unpaired) electrons. The maximum atomic E-state index is 13.3. The molecule has 32 heavy (non-hydrogen) atoms. The van der Waals surface area contributed by atoms with Gasteiger partial charge in [0.15, 0.2) is 5.16 Å². The van der Waals surface area contributed by atoms with Gasteiger partial charge in [-0.3, -0.25) is 24.3 Å². The van der Waals surface area contributed by atoms with Crippen LogP contribution in [0.4, 0.5) is 5.69 Å². The Morgan fingerprint density at radius 2 is 1.84 bits per heavy atom. The van der Waals surface area contributed by atoms with E-state index in [9.17, 15) is 19.7 Å². The monoisotopic (exact) mass is 446 g/mol. The number of primary amides is 1.